The summed E-state index contributed by atoms with van der Waals surface area (Å²) in [7, 11) is 3.48. The first kappa shape index (κ1) is 14.9. The van der Waals surface area contributed by atoms with Crippen molar-refractivity contribution in [2.75, 3.05) is 20.6 Å². The molecule has 0 aromatic heterocycles. The molecule has 1 saturated carbocycles. The SMILES string of the molecule is C[C@@H]1C[C@@H]1C(=O)NC[C@@H](c1c(F)cccc1F)N(C)C. The summed E-state index contributed by atoms with van der Waals surface area (Å²) in [5, 5.41) is 2.80. The van der Waals surface area contributed by atoms with Crippen LogP contribution < -0.4 is 5.32 Å². The van der Waals surface area contributed by atoms with Gasteiger partial charge >= 0.3 is 0 Å². The van der Waals surface area contributed by atoms with Gasteiger partial charge in [0.15, 0.2) is 0 Å². The van der Waals surface area contributed by atoms with Gasteiger partial charge in [-0.3, -0.25) is 4.79 Å². The molecule has 0 radical (unpaired) electrons. The number of amides is 1. The first-order valence-electron chi connectivity index (χ1n) is 6.80. The molecule has 0 aliphatic heterocycles. The van der Waals surface area contributed by atoms with Gasteiger partial charge in [0.2, 0.25) is 5.91 Å². The van der Waals surface area contributed by atoms with E-state index in [1.54, 1.807) is 19.0 Å². The second-order valence-electron chi connectivity index (χ2n) is 5.68. The number of carbonyl (C=O) groups excluding carboxylic acids is 1. The van der Waals surface area contributed by atoms with E-state index in [0.717, 1.165) is 6.42 Å². The van der Waals surface area contributed by atoms with Crippen molar-refractivity contribution in [3.8, 4) is 0 Å². The molecular weight excluding hydrogens is 262 g/mol. The Balaban J connectivity index is 2.09. The number of rotatable bonds is 5. The van der Waals surface area contributed by atoms with Crippen LogP contribution in [-0.4, -0.2) is 31.4 Å². The number of hydrogen-bond acceptors (Lipinski definition) is 2. The topological polar surface area (TPSA) is 32.3 Å². The van der Waals surface area contributed by atoms with Gasteiger partial charge in [-0.15, -0.1) is 0 Å². The highest BCUT2D eigenvalue weighted by atomic mass is 19.1. The minimum Gasteiger partial charge on any atom is -0.354 e. The molecule has 1 aromatic carbocycles. The molecule has 0 unspecified atom stereocenters. The maximum absolute atomic E-state index is 13.8. The van der Waals surface area contributed by atoms with E-state index in [-0.39, 0.29) is 23.9 Å². The molecule has 5 heteroatoms. The number of likely N-dealkylation sites (N-methyl/N-ethyl adjacent to an activating group) is 1. The smallest absolute Gasteiger partial charge is 0.223 e. The van der Waals surface area contributed by atoms with Crippen LogP contribution >= 0.6 is 0 Å². The van der Waals surface area contributed by atoms with Crippen LogP contribution in [0.5, 0.6) is 0 Å². The van der Waals surface area contributed by atoms with Crippen LogP contribution in [0, 0.1) is 23.5 Å². The van der Waals surface area contributed by atoms with E-state index in [1.807, 2.05) is 6.92 Å². The standard InChI is InChI=1S/C15H20F2N2O/c1-9-7-10(9)15(20)18-8-13(19(2)3)14-11(16)5-4-6-12(14)17/h4-6,9-10,13H,7-8H2,1-3H3,(H,18,20)/t9-,10+,13+/m1/s1. The maximum atomic E-state index is 13.8. The van der Waals surface area contributed by atoms with Crippen molar-refractivity contribution in [2.24, 2.45) is 11.8 Å². The Hall–Kier alpha value is -1.49. The molecule has 1 aromatic rings. The summed E-state index contributed by atoms with van der Waals surface area (Å²) in [6.07, 6.45) is 0.895. The molecular formula is C15H20F2N2O. The van der Waals surface area contributed by atoms with Crippen LogP contribution in [-0.2, 0) is 4.79 Å². The zero-order valence-electron chi connectivity index (χ0n) is 12.0. The molecule has 3 nitrogen and oxygen atoms in total. The number of carbonyl (C=O) groups is 1. The van der Waals surface area contributed by atoms with E-state index in [1.165, 1.54) is 18.2 Å². The normalized spacial score (nSPS) is 22.7. The predicted octanol–water partition coefficient (Wildman–Crippen LogP) is 2.34. The molecule has 1 N–H and O–H groups in total. The van der Waals surface area contributed by atoms with Crippen LogP contribution in [0.3, 0.4) is 0 Å². The molecule has 0 spiro atoms. The van der Waals surface area contributed by atoms with E-state index in [2.05, 4.69) is 5.32 Å². The Morgan fingerprint density at radius 2 is 1.95 bits per heavy atom. The Kier molecular flexibility index (Phi) is 4.38. The van der Waals surface area contributed by atoms with Crippen LogP contribution in [0.25, 0.3) is 0 Å². The summed E-state index contributed by atoms with van der Waals surface area (Å²) in [5.74, 6) is -0.724. The molecule has 1 fully saturated rings. The van der Waals surface area contributed by atoms with Gasteiger partial charge in [-0.1, -0.05) is 13.0 Å². The fraction of sp³-hybridized carbons (Fsp3) is 0.533. The van der Waals surface area contributed by atoms with Gasteiger partial charge in [0, 0.05) is 18.0 Å². The number of halogens is 2. The van der Waals surface area contributed by atoms with Gasteiger partial charge in [0.25, 0.3) is 0 Å². The molecule has 0 bridgehead atoms. The van der Waals surface area contributed by atoms with Gasteiger partial charge in [-0.2, -0.15) is 0 Å². The van der Waals surface area contributed by atoms with Gasteiger partial charge in [0.05, 0.1) is 6.04 Å². The minimum absolute atomic E-state index is 0.00152. The molecule has 2 rings (SSSR count). The zero-order valence-corrected chi connectivity index (χ0v) is 12.0. The Morgan fingerprint density at radius 3 is 2.40 bits per heavy atom. The van der Waals surface area contributed by atoms with Gasteiger partial charge in [-0.25, -0.2) is 8.78 Å². The molecule has 0 saturated heterocycles. The zero-order chi connectivity index (χ0) is 14.9. The predicted molar refractivity (Wildman–Crippen MR) is 73.1 cm³/mol. The van der Waals surface area contributed by atoms with Crippen molar-refractivity contribution >= 4 is 5.91 Å². The first-order chi connectivity index (χ1) is 9.41. The minimum atomic E-state index is -0.585. The Labute approximate surface area is 118 Å². The first-order valence-corrected chi connectivity index (χ1v) is 6.80. The molecule has 1 amide bonds. The highest BCUT2D eigenvalue weighted by Crippen LogP contribution is 2.37. The fourth-order valence-electron chi connectivity index (χ4n) is 2.39. The second-order valence-corrected chi connectivity index (χ2v) is 5.68. The summed E-state index contributed by atoms with van der Waals surface area (Å²) in [6.45, 7) is 2.22. The largest absolute Gasteiger partial charge is 0.354 e. The lowest BCUT2D eigenvalue weighted by Crippen LogP contribution is -2.36. The number of nitrogens with one attached hydrogen (secondary N) is 1. The Bertz CT molecular complexity index is 484. The molecule has 20 heavy (non-hydrogen) atoms. The molecule has 0 heterocycles. The molecule has 1 aliphatic rings. The van der Waals surface area contributed by atoms with Crippen molar-refractivity contribution in [2.45, 2.75) is 19.4 Å². The van der Waals surface area contributed by atoms with Crippen molar-refractivity contribution in [1.82, 2.24) is 10.2 Å². The molecule has 1 aliphatic carbocycles. The molecule has 3 atom stereocenters. The van der Waals surface area contributed by atoms with E-state index in [9.17, 15) is 13.6 Å². The number of hydrogen-bond donors (Lipinski definition) is 1. The summed E-state index contributed by atoms with van der Waals surface area (Å²) in [5.41, 5.74) is 0.00152. The van der Waals surface area contributed by atoms with Crippen molar-refractivity contribution in [1.29, 1.82) is 0 Å². The van der Waals surface area contributed by atoms with Crippen molar-refractivity contribution < 1.29 is 13.6 Å². The highest BCUT2D eigenvalue weighted by Gasteiger charge is 2.39. The van der Waals surface area contributed by atoms with E-state index in [4.69, 9.17) is 0 Å². The van der Waals surface area contributed by atoms with Crippen molar-refractivity contribution in [3.63, 3.8) is 0 Å². The monoisotopic (exact) mass is 282 g/mol. The van der Waals surface area contributed by atoms with Crippen molar-refractivity contribution in [3.05, 3.63) is 35.4 Å². The maximum Gasteiger partial charge on any atom is 0.223 e. The van der Waals surface area contributed by atoms with Crippen LogP contribution in [0.1, 0.15) is 24.9 Å². The lowest BCUT2D eigenvalue weighted by molar-refractivity contribution is -0.122. The lowest BCUT2D eigenvalue weighted by atomic mass is 10.0. The third-order valence-electron chi connectivity index (χ3n) is 3.87. The van der Waals surface area contributed by atoms with Gasteiger partial charge < -0.3 is 10.2 Å². The third kappa shape index (κ3) is 3.15. The van der Waals surface area contributed by atoms with Gasteiger partial charge in [0.1, 0.15) is 11.6 Å². The average molecular weight is 282 g/mol. The fourth-order valence-corrected chi connectivity index (χ4v) is 2.39. The van der Waals surface area contributed by atoms with Crippen LogP contribution in [0.4, 0.5) is 8.78 Å². The molecule has 110 valence electrons. The number of nitrogens with zero attached hydrogens (tertiary/aromatic N) is 1. The quantitative estimate of drug-likeness (QED) is 0.899. The number of benzene rings is 1. The summed E-state index contributed by atoms with van der Waals surface area (Å²) in [6, 6.07) is 3.29. The average Bonchev–Trinajstić information content (AvgIpc) is 3.09. The summed E-state index contributed by atoms with van der Waals surface area (Å²) >= 11 is 0. The van der Waals surface area contributed by atoms with E-state index < -0.39 is 17.7 Å². The van der Waals surface area contributed by atoms with Gasteiger partial charge in [-0.05, 0) is 38.6 Å². The lowest BCUT2D eigenvalue weighted by Gasteiger charge is -2.25. The van der Waals surface area contributed by atoms with Crippen LogP contribution in [0.2, 0.25) is 0 Å². The van der Waals surface area contributed by atoms with E-state index in [0.29, 0.717) is 5.92 Å². The highest BCUT2D eigenvalue weighted by molar-refractivity contribution is 5.81. The summed E-state index contributed by atoms with van der Waals surface area (Å²) < 4.78 is 27.7. The summed E-state index contributed by atoms with van der Waals surface area (Å²) in [4.78, 5) is 13.5. The second kappa shape index (κ2) is 5.87. The van der Waals surface area contributed by atoms with E-state index >= 15 is 0 Å². The third-order valence-corrected chi connectivity index (χ3v) is 3.87. The Morgan fingerprint density at radius 1 is 1.40 bits per heavy atom. The van der Waals surface area contributed by atoms with Crippen LogP contribution in [0.15, 0.2) is 18.2 Å².